The third kappa shape index (κ3) is 1.73. The van der Waals surface area contributed by atoms with Crippen molar-refractivity contribution in [2.75, 3.05) is 24.7 Å². The zero-order chi connectivity index (χ0) is 10.9. The zero-order valence-electron chi connectivity index (χ0n) is 8.27. The molecule has 0 atom stereocenters. The maximum Gasteiger partial charge on any atom is 0.341 e. The van der Waals surface area contributed by atoms with Gasteiger partial charge in [-0.25, -0.2) is 9.78 Å². The van der Waals surface area contributed by atoms with E-state index in [0.29, 0.717) is 11.6 Å². The molecule has 0 bridgehead atoms. The number of carboxylic acid groups (broad SMARTS) is 1. The summed E-state index contributed by atoms with van der Waals surface area (Å²) in [6, 6.07) is 0. The van der Waals surface area contributed by atoms with Crippen LogP contribution in [0.2, 0.25) is 0 Å². The Labute approximate surface area is 81.4 Å². The summed E-state index contributed by atoms with van der Waals surface area (Å²) in [5.74, 6) is -0.705. The highest BCUT2D eigenvalue weighted by molar-refractivity contribution is 5.93. The van der Waals surface area contributed by atoms with Crippen molar-refractivity contribution in [3.05, 3.63) is 11.3 Å². The Morgan fingerprint density at radius 1 is 1.43 bits per heavy atom. The van der Waals surface area contributed by atoms with Crippen molar-refractivity contribution in [1.82, 2.24) is 9.97 Å². The largest absolute Gasteiger partial charge is 0.477 e. The van der Waals surface area contributed by atoms with Gasteiger partial charge in [-0.2, -0.15) is 4.98 Å². The zero-order valence-corrected chi connectivity index (χ0v) is 8.27. The first-order valence-electron chi connectivity index (χ1n) is 3.98. The number of hydrogen-bond acceptors (Lipinski definition) is 5. The monoisotopic (exact) mass is 196 g/mol. The van der Waals surface area contributed by atoms with Gasteiger partial charge in [0.2, 0.25) is 5.95 Å². The van der Waals surface area contributed by atoms with Gasteiger partial charge in [0.15, 0.2) is 0 Å². The van der Waals surface area contributed by atoms with E-state index < -0.39 is 5.97 Å². The van der Waals surface area contributed by atoms with E-state index in [1.54, 1.807) is 25.9 Å². The summed E-state index contributed by atoms with van der Waals surface area (Å²) in [6.07, 6.45) is 0. The molecule has 6 nitrogen and oxygen atoms in total. The highest BCUT2D eigenvalue weighted by Gasteiger charge is 2.15. The molecule has 1 aromatic rings. The molecule has 6 heteroatoms. The Bertz CT molecular complexity index is 353. The van der Waals surface area contributed by atoms with E-state index in [4.69, 9.17) is 10.8 Å². The van der Waals surface area contributed by atoms with E-state index in [9.17, 15) is 4.79 Å². The molecule has 0 aliphatic carbocycles. The van der Waals surface area contributed by atoms with E-state index in [1.165, 1.54) is 0 Å². The van der Waals surface area contributed by atoms with Crippen LogP contribution in [0.25, 0.3) is 0 Å². The third-order valence-corrected chi connectivity index (χ3v) is 1.72. The molecule has 0 aliphatic rings. The average molecular weight is 196 g/mol. The van der Waals surface area contributed by atoms with Crippen LogP contribution in [0.4, 0.5) is 11.8 Å². The Morgan fingerprint density at radius 2 is 2.00 bits per heavy atom. The van der Waals surface area contributed by atoms with Crippen molar-refractivity contribution in [3.8, 4) is 0 Å². The Hall–Kier alpha value is -1.85. The number of nitrogens with two attached hydrogens (primary N) is 1. The molecule has 0 aromatic carbocycles. The number of nitrogen functional groups attached to an aromatic ring is 1. The van der Waals surface area contributed by atoms with E-state index in [1.807, 2.05) is 0 Å². The number of carboxylic acids is 1. The van der Waals surface area contributed by atoms with Crippen molar-refractivity contribution in [2.45, 2.75) is 6.92 Å². The fraction of sp³-hybridized carbons (Fsp3) is 0.375. The minimum Gasteiger partial charge on any atom is -0.477 e. The Balaban J connectivity index is 3.32. The van der Waals surface area contributed by atoms with Crippen molar-refractivity contribution in [2.24, 2.45) is 0 Å². The molecule has 76 valence electrons. The van der Waals surface area contributed by atoms with Crippen molar-refractivity contribution >= 4 is 17.7 Å². The molecule has 0 aliphatic heterocycles. The van der Waals surface area contributed by atoms with Crippen LogP contribution < -0.4 is 10.6 Å². The van der Waals surface area contributed by atoms with Gasteiger partial charge in [0.1, 0.15) is 11.4 Å². The van der Waals surface area contributed by atoms with Crippen LogP contribution in [0.15, 0.2) is 0 Å². The first kappa shape index (κ1) is 10.2. The highest BCUT2D eigenvalue weighted by atomic mass is 16.4. The van der Waals surface area contributed by atoms with Crippen LogP contribution in [0.1, 0.15) is 16.1 Å². The summed E-state index contributed by atoms with van der Waals surface area (Å²) in [7, 11) is 3.52. The van der Waals surface area contributed by atoms with E-state index in [2.05, 4.69) is 9.97 Å². The number of rotatable bonds is 2. The number of carbonyl (C=O) groups is 1. The lowest BCUT2D eigenvalue weighted by Crippen LogP contribution is -2.17. The quantitative estimate of drug-likeness (QED) is 0.698. The maximum absolute atomic E-state index is 10.8. The molecule has 0 fully saturated rings. The van der Waals surface area contributed by atoms with Crippen LogP contribution in [-0.4, -0.2) is 35.1 Å². The summed E-state index contributed by atoms with van der Waals surface area (Å²) >= 11 is 0. The number of aromatic nitrogens is 2. The smallest absolute Gasteiger partial charge is 0.341 e. The second-order valence-corrected chi connectivity index (χ2v) is 3.07. The summed E-state index contributed by atoms with van der Waals surface area (Å²) < 4.78 is 0. The molecule has 1 heterocycles. The molecule has 0 amide bonds. The predicted molar refractivity (Wildman–Crippen MR) is 52.5 cm³/mol. The summed E-state index contributed by atoms with van der Waals surface area (Å²) in [6.45, 7) is 1.59. The van der Waals surface area contributed by atoms with Gasteiger partial charge < -0.3 is 15.7 Å². The summed E-state index contributed by atoms with van der Waals surface area (Å²) in [5.41, 5.74) is 5.84. The lowest BCUT2D eigenvalue weighted by Gasteiger charge is -2.12. The minimum absolute atomic E-state index is 0.00583. The second kappa shape index (κ2) is 3.49. The molecule has 0 saturated heterocycles. The summed E-state index contributed by atoms with van der Waals surface area (Å²) in [5, 5.41) is 8.80. The standard InChI is InChI=1S/C8H12N4O2/c1-4-5(7(13)14)6(9)11-8(10-4)12(2)3/h1-3H3,(H,13,14)(H2,9,10,11). The van der Waals surface area contributed by atoms with Crippen LogP contribution >= 0.6 is 0 Å². The van der Waals surface area contributed by atoms with Gasteiger partial charge in [0.05, 0.1) is 5.69 Å². The second-order valence-electron chi connectivity index (χ2n) is 3.07. The van der Waals surface area contributed by atoms with Gasteiger partial charge in [-0.3, -0.25) is 0 Å². The fourth-order valence-electron chi connectivity index (χ4n) is 1.04. The fourth-order valence-corrected chi connectivity index (χ4v) is 1.04. The topological polar surface area (TPSA) is 92.3 Å². The van der Waals surface area contributed by atoms with Gasteiger partial charge in [0.25, 0.3) is 0 Å². The van der Waals surface area contributed by atoms with Crippen molar-refractivity contribution < 1.29 is 9.90 Å². The Kier molecular flexibility index (Phi) is 2.55. The SMILES string of the molecule is Cc1nc(N(C)C)nc(N)c1C(=O)O. The number of nitrogens with zero attached hydrogens (tertiary/aromatic N) is 3. The third-order valence-electron chi connectivity index (χ3n) is 1.72. The van der Waals surface area contributed by atoms with Gasteiger partial charge in [-0.15, -0.1) is 0 Å². The van der Waals surface area contributed by atoms with Crippen LogP contribution in [0.3, 0.4) is 0 Å². The Morgan fingerprint density at radius 3 is 2.36 bits per heavy atom. The van der Waals surface area contributed by atoms with Gasteiger partial charge >= 0.3 is 5.97 Å². The van der Waals surface area contributed by atoms with Gasteiger partial charge in [-0.05, 0) is 6.92 Å². The molecule has 0 spiro atoms. The molecular weight excluding hydrogens is 184 g/mol. The number of aryl methyl sites for hydroxylation is 1. The number of hydrogen-bond donors (Lipinski definition) is 2. The molecule has 0 radical (unpaired) electrons. The van der Waals surface area contributed by atoms with E-state index >= 15 is 0 Å². The van der Waals surface area contributed by atoms with Crippen LogP contribution in [0.5, 0.6) is 0 Å². The number of aromatic carboxylic acids is 1. The van der Waals surface area contributed by atoms with E-state index in [0.717, 1.165) is 0 Å². The highest BCUT2D eigenvalue weighted by Crippen LogP contribution is 2.16. The van der Waals surface area contributed by atoms with Gasteiger partial charge in [0, 0.05) is 14.1 Å². The van der Waals surface area contributed by atoms with Crippen molar-refractivity contribution in [1.29, 1.82) is 0 Å². The first-order valence-corrected chi connectivity index (χ1v) is 3.98. The number of anilines is 2. The summed E-state index contributed by atoms with van der Waals surface area (Å²) in [4.78, 5) is 20.3. The molecule has 1 rings (SSSR count). The lowest BCUT2D eigenvalue weighted by molar-refractivity contribution is 0.0696. The molecular formula is C8H12N4O2. The molecule has 0 unspecified atom stereocenters. The molecule has 3 N–H and O–H groups in total. The molecule has 0 saturated carbocycles. The average Bonchev–Trinajstić information content (AvgIpc) is 2.01. The van der Waals surface area contributed by atoms with E-state index in [-0.39, 0.29) is 11.4 Å². The molecule has 14 heavy (non-hydrogen) atoms. The first-order chi connectivity index (χ1) is 6.43. The van der Waals surface area contributed by atoms with Gasteiger partial charge in [-0.1, -0.05) is 0 Å². The maximum atomic E-state index is 10.8. The predicted octanol–water partition coefficient (Wildman–Crippen LogP) is 0.131. The van der Waals surface area contributed by atoms with Crippen LogP contribution in [0, 0.1) is 6.92 Å². The van der Waals surface area contributed by atoms with Crippen LogP contribution in [-0.2, 0) is 0 Å². The normalized spacial score (nSPS) is 9.93. The lowest BCUT2D eigenvalue weighted by atomic mass is 10.2. The minimum atomic E-state index is -1.11. The van der Waals surface area contributed by atoms with Crippen molar-refractivity contribution in [3.63, 3.8) is 0 Å². The molecule has 1 aromatic heterocycles.